The van der Waals surface area contributed by atoms with Gasteiger partial charge in [-0.25, -0.2) is 4.98 Å². The van der Waals surface area contributed by atoms with Crippen LogP contribution >= 0.6 is 0 Å². The van der Waals surface area contributed by atoms with Gasteiger partial charge in [0, 0.05) is 38.4 Å². The molecule has 0 amide bonds. The van der Waals surface area contributed by atoms with Crippen molar-refractivity contribution in [2.75, 3.05) is 0 Å². The number of rotatable bonds is 5. The fourth-order valence-electron chi connectivity index (χ4n) is 8.08. The molecule has 0 saturated carbocycles. The normalized spacial score (nSPS) is 11.7. The lowest BCUT2D eigenvalue weighted by molar-refractivity contribution is 0.953. The van der Waals surface area contributed by atoms with Crippen LogP contribution in [0.4, 0.5) is 0 Å². The SMILES string of the molecule is c1ccc(-c2ccc(-c3nc(-c4ccccc4)nc(-n4c5cc(-n6c7ccccc7c7ccccc76)ccc5c5c6ccccc6ccc54)n3)cc2)cc1. The first-order valence-electron chi connectivity index (χ1n) is 18.2. The van der Waals surface area contributed by atoms with Crippen molar-refractivity contribution in [3.05, 3.63) is 188 Å². The van der Waals surface area contributed by atoms with Crippen LogP contribution in [0.5, 0.6) is 0 Å². The van der Waals surface area contributed by atoms with Crippen LogP contribution in [0.2, 0.25) is 0 Å². The zero-order valence-corrected chi connectivity index (χ0v) is 29.1. The Morgan fingerprint density at radius 1 is 0.315 bits per heavy atom. The van der Waals surface area contributed by atoms with Gasteiger partial charge >= 0.3 is 0 Å². The molecule has 0 aliphatic heterocycles. The molecular weight excluding hydrogens is 659 g/mol. The van der Waals surface area contributed by atoms with E-state index in [9.17, 15) is 0 Å². The Morgan fingerprint density at radius 2 is 0.852 bits per heavy atom. The summed E-state index contributed by atoms with van der Waals surface area (Å²) in [5.74, 6) is 1.81. The minimum atomic E-state index is 0.570. The summed E-state index contributed by atoms with van der Waals surface area (Å²) in [6, 6.07) is 66.2. The van der Waals surface area contributed by atoms with Gasteiger partial charge in [-0.15, -0.1) is 0 Å². The average Bonchev–Trinajstić information content (AvgIpc) is 3.77. The maximum absolute atomic E-state index is 5.28. The number of para-hydroxylation sites is 2. The first kappa shape index (κ1) is 30.3. The van der Waals surface area contributed by atoms with E-state index in [0.717, 1.165) is 38.8 Å². The van der Waals surface area contributed by atoms with Gasteiger partial charge in [-0.3, -0.25) is 4.57 Å². The van der Waals surface area contributed by atoms with E-state index in [1.54, 1.807) is 0 Å². The molecule has 0 spiro atoms. The van der Waals surface area contributed by atoms with Crippen molar-refractivity contribution >= 4 is 54.4 Å². The molecule has 252 valence electrons. The molecule has 3 heterocycles. The van der Waals surface area contributed by atoms with Gasteiger partial charge in [-0.05, 0) is 52.2 Å². The highest BCUT2D eigenvalue weighted by atomic mass is 15.2. The fourth-order valence-corrected chi connectivity index (χ4v) is 8.08. The Morgan fingerprint density at radius 3 is 1.54 bits per heavy atom. The molecule has 0 bridgehead atoms. The smallest absolute Gasteiger partial charge is 0.238 e. The highest BCUT2D eigenvalue weighted by molar-refractivity contribution is 6.21. The zero-order valence-electron chi connectivity index (χ0n) is 29.1. The average molecular weight is 690 g/mol. The van der Waals surface area contributed by atoms with Gasteiger partial charge in [-0.1, -0.05) is 158 Å². The van der Waals surface area contributed by atoms with Crippen LogP contribution < -0.4 is 0 Å². The first-order chi connectivity index (χ1) is 26.8. The van der Waals surface area contributed by atoms with Gasteiger partial charge in [0.25, 0.3) is 0 Å². The maximum Gasteiger partial charge on any atom is 0.238 e. The van der Waals surface area contributed by atoms with Crippen LogP contribution in [0.1, 0.15) is 0 Å². The summed E-state index contributed by atoms with van der Waals surface area (Å²) >= 11 is 0. The van der Waals surface area contributed by atoms with Crippen LogP contribution in [-0.4, -0.2) is 24.1 Å². The zero-order chi connectivity index (χ0) is 35.6. The fraction of sp³-hybridized carbons (Fsp3) is 0. The second-order valence-corrected chi connectivity index (χ2v) is 13.7. The van der Waals surface area contributed by atoms with E-state index in [-0.39, 0.29) is 0 Å². The van der Waals surface area contributed by atoms with Gasteiger partial charge in [0.2, 0.25) is 5.95 Å². The van der Waals surface area contributed by atoms with Crippen molar-refractivity contribution in [1.82, 2.24) is 24.1 Å². The Balaban J connectivity index is 1.20. The second kappa shape index (κ2) is 12.1. The molecule has 0 atom stereocenters. The summed E-state index contributed by atoms with van der Waals surface area (Å²) in [5, 5.41) is 7.15. The number of nitrogens with zero attached hydrogens (tertiary/aromatic N) is 5. The van der Waals surface area contributed by atoms with Gasteiger partial charge in [0.05, 0.1) is 22.1 Å². The van der Waals surface area contributed by atoms with Crippen molar-refractivity contribution in [2.24, 2.45) is 0 Å². The lowest BCUT2D eigenvalue weighted by Gasteiger charge is -2.12. The number of hydrogen-bond donors (Lipinski definition) is 0. The molecular formula is C49H31N5. The quantitative estimate of drug-likeness (QED) is 0.181. The standard InChI is InChI=1S/C49H31N5/c1-3-13-32(14-4-1)33-23-25-36(26-24-33)48-50-47(35-16-5-2-6-17-35)51-49(52-48)54-44-30-27-34-15-7-8-18-38(34)46(44)41-29-28-37(31-45(41)54)53-42-21-11-9-19-39(42)40-20-10-12-22-43(40)53/h1-31H. The van der Waals surface area contributed by atoms with Gasteiger partial charge < -0.3 is 4.57 Å². The third-order valence-electron chi connectivity index (χ3n) is 10.6. The van der Waals surface area contributed by atoms with E-state index >= 15 is 0 Å². The van der Waals surface area contributed by atoms with Crippen LogP contribution in [0.3, 0.4) is 0 Å². The Labute approximate surface area is 311 Å². The minimum absolute atomic E-state index is 0.570. The highest BCUT2D eigenvalue weighted by Gasteiger charge is 2.21. The van der Waals surface area contributed by atoms with Crippen LogP contribution in [0.25, 0.3) is 99.9 Å². The summed E-state index contributed by atoms with van der Waals surface area (Å²) in [5.41, 5.74) is 9.63. The molecule has 5 heteroatoms. The third-order valence-corrected chi connectivity index (χ3v) is 10.6. The number of aromatic nitrogens is 5. The molecule has 3 aromatic heterocycles. The summed E-state index contributed by atoms with van der Waals surface area (Å²) in [6.07, 6.45) is 0. The van der Waals surface area contributed by atoms with Gasteiger partial charge in [0.15, 0.2) is 11.6 Å². The van der Waals surface area contributed by atoms with Crippen LogP contribution in [0.15, 0.2) is 188 Å². The Bertz CT molecular complexity index is 3140. The Hall–Kier alpha value is -7.37. The molecule has 0 aliphatic rings. The molecule has 0 aliphatic carbocycles. The first-order valence-corrected chi connectivity index (χ1v) is 18.2. The number of benzene rings is 8. The third kappa shape index (κ3) is 4.76. The monoisotopic (exact) mass is 689 g/mol. The molecule has 54 heavy (non-hydrogen) atoms. The Kier molecular flexibility index (Phi) is 6.79. The predicted molar refractivity (Wildman–Crippen MR) is 222 cm³/mol. The molecule has 5 nitrogen and oxygen atoms in total. The molecule has 0 fully saturated rings. The predicted octanol–water partition coefficient (Wildman–Crippen LogP) is 12.2. The molecule has 0 unspecified atom stereocenters. The van der Waals surface area contributed by atoms with Crippen molar-refractivity contribution in [2.45, 2.75) is 0 Å². The molecule has 0 N–H and O–H groups in total. The molecule has 8 aromatic carbocycles. The molecule has 11 rings (SSSR count). The highest BCUT2D eigenvalue weighted by Crippen LogP contribution is 2.39. The maximum atomic E-state index is 5.28. The van der Waals surface area contributed by atoms with Crippen molar-refractivity contribution in [3.8, 4) is 45.5 Å². The van der Waals surface area contributed by atoms with Gasteiger partial charge in [0.1, 0.15) is 0 Å². The van der Waals surface area contributed by atoms with Crippen molar-refractivity contribution in [3.63, 3.8) is 0 Å². The van der Waals surface area contributed by atoms with Crippen LogP contribution in [-0.2, 0) is 0 Å². The number of hydrogen-bond acceptors (Lipinski definition) is 3. The van der Waals surface area contributed by atoms with Crippen LogP contribution in [0, 0.1) is 0 Å². The van der Waals surface area contributed by atoms with E-state index < -0.39 is 0 Å². The summed E-state index contributed by atoms with van der Waals surface area (Å²) < 4.78 is 4.59. The topological polar surface area (TPSA) is 48.5 Å². The summed E-state index contributed by atoms with van der Waals surface area (Å²) in [4.78, 5) is 15.6. The minimum Gasteiger partial charge on any atom is -0.309 e. The summed E-state index contributed by atoms with van der Waals surface area (Å²) in [7, 11) is 0. The van der Waals surface area contributed by atoms with E-state index in [1.807, 2.05) is 24.3 Å². The second-order valence-electron chi connectivity index (χ2n) is 13.7. The molecule has 0 saturated heterocycles. The molecule has 0 radical (unpaired) electrons. The van der Waals surface area contributed by atoms with E-state index in [1.165, 1.54) is 43.5 Å². The van der Waals surface area contributed by atoms with Crippen molar-refractivity contribution in [1.29, 1.82) is 0 Å². The number of fused-ring (bicyclic) bond motifs is 8. The van der Waals surface area contributed by atoms with Gasteiger partial charge in [-0.2, -0.15) is 9.97 Å². The van der Waals surface area contributed by atoms with Crippen molar-refractivity contribution < 1.29 is 0 Å². The summed E-state index contributed by atoms with van der Waals surface area (Å²) in [6.45, 7) is 0. The molecule has 11 aromatic rings. The van der Waals surface area contributed by atoms with E-state index in [4.69, 9.17) is 15.0 Å². The largest absolute Gasteiger partial charge is 0.309 e. The van der Waals surface area contributed by atoms with E-state index in [0.29, 0.717) is 17.6 Å². The lowest BCUT2D eigenvalue weighted by atomic mass is 10.0. The lowest BCUT2D eigenvalue weighted by Crippen LogP contribution is -2.06. The van der Waals surface area contributed by atoms with E-state index in [2.05, 4.69) is 173 Å².